The van der Waals surface area contributed by atoms with Crippen molar-refractivity contribution in [2.24, 2.45) is 5.41 Å². The van der Waals surface area contributed by atoms with Crippen LogP contribution in [0, 0.1) is 12.3 Å². The van der Waals surface area contributed by atoms with Gasteiger partial charge < -0.3 is 36.2 Å². The lowest BCUT2D eigenvalue weighted by atomic mass is 9.85. The Bertz CT molecular complexity index is 1720. The second-order valence-corrected chi connectivity index (χ2v) is 15.8. The van der Waals surface area contributed by atoms with Crippen LogP contribution in [0.2, 0.25) is 0 Å². The van der Waals surface area contributed by atoms with Gasteiger partial charge in [-0.3, -0.25) is 24.1 Å². The van der Waals surface area contributed by atoms with Crippen molar-refractivity contribution in [1.29, 1.82) is 0 Å². The van der Waals surface area contributed by atoms with Gasteiger partial charge in [-0.15, -0.1) is 11.3 Å². The van der Waals surface area contributed by atoms with Crippen LogP contribution in [-0.2, 0) is 14.4 Å². The SMILES string of the molecule is CNCCN1CCN(c2ccc(C(=O)NCC(=O)N[C@H](C(=O)N3C[C@H](O)C[C@H]3C(=O)N[C@@H](C)c3ccc(-c4scnc4C)cc3)C(C)(C)C)cn2)CC1. The summed E-state index contributed by atoms with van der Waals surface area (Å²) < 4.78 is 0. The van der Waals surface area contributed by atoms with E-state index in [-0.39, 0.29) is 31.5 Å². The Hall–Kier alpha value is -4.44. The Kier molecular flexibility index (Phi) is 13.2. The molecular formula is C38H53N9O5S. The normalized spacial score (nSPS) is 19.1. The van der Waals surface area contributed by atoms with Crippen LogP contribution in [-0.4, -0.2) is 126 Å². The smallest absolute Gasteiger partial charge is 0.253 e. The fourth-order valence-electron chi connectivity index (χ4n) is 6.67. The minimum Gasteiger partial charge on any atom is -0.391 e. The number of aliphatic hydroxyl groups is 1. The summed E-state index contributed by atoms with van der Waals surface area (Å²) in [6, 6.07) is 9.11. The molecule has 0 saturated carbocycles. The number of amides is 4. The van der Waals surface area contributed by atoms with E-state index in [0.717, 1.165) is 66.8 Å². The number of aromatic nitrogens is 2. The number of piperazine rings is 1. The molecule has 5 rings (SSSR count). The van der Waals surface area contributed by atoms with Gasteiger partial charge >= 0.3 is 0 Å². The van der Waals surface area contributed by atoms with Crippen molar-refractivity contribution < 1.29 is 24.3 Å². The molecule has 5 N–H and O–H groups in total. The van der Waals surface area contributed by atoms with Gasteiger partial charge in [-0.1, -0.05) is 45.0 Å². The van der Waals surface area contributed by atoms with Crippen LogP contribution in [0.5, 0.6) is 0 Å². The highest BCUT2D eigenvalue weighted by atomic mass is 32.1. The summed E-state index contributed by atoms with van der Waals surface area (Å²) in [5, 5.41) is 22.2. The minimum atomic E-state index is -1.02. The average Bonchev–Trinajstić information content (AvgIpc) is 3.76. The van der Waals surface area contributed by atoms with Crippen molar-refractivity contribution in [1.82, 2.24) is 41.0 Å². The molecule has 2 saturated heterocycles. The number of β-amino-alcohol motifs (C(OH)–C–C–N with tert-alkyl or cyclic N) is 1. The molecule has 53 heavy (non-hydrogen) atoms. The molecule has 4 amide bonds. The summed E-state index contributed by atoms with van der Waals surface area (Å²) in [6.07, 6.45) is 0.686. The zero-order valence-electron chi connectivity index (χ0n) is 31.5. The minimum absolute atomic E-state index is 0.0393. The van der Waals surface area contributed by atoms with Gasteiger partial charge in [0.05, 0.1) is 40.3 Å². The van der Waals surface area contributed by atoms with Crippen molar-refractivity contribution in [2.75, 3.05) is 64.3 Å². The van der Waals surface area contributed by atoms with Crippen LogP contribution in [0.25, 0.3) is 10.4 Å². The molecule has 0 unspecified atom stereocenters. The molecule has 15 heteroatoms. The first-order valence-corrected chi connectivity index (χ1v) is 19.1. The van der Waals surface area contributed by atoms with E-state index in [0.29, 0.717) is 5.56 Å². The highest BCUT2D eigenvalue weighted by molar-refractivity contribution is 7.13. The first-order chi connectivity index (χ1) is 25.2. The molecule has 4 heterocycles. The molecule has 2 aliphatic rings. The molecule has 0 bridgehead atoms. The maximum Gasteiger partial charge on any atom is 0.253 e. The third-order valence-corrected chi connectivity index (χ3v) is 10.8. The number of hydrogen-bond donors (Lipinski definition) is 5. The van der Waals surface area contributed by atoms with Crippen molar-refractivity contribution in [3.05, 3.63) is 64.9 Å². The molecule has 0 radical (unpaired) electrons. The zero-order chi connectivity index (χ0) is 38.3. The molecule has 2 fully saturated rings. The molecule has 4 atom stereocenters. The number of carbonyl (C=O) groups is 4. The van der Waals surface area contributed by atoms with Gasteiger partial charge in [-0.25, -0.2) is 9.97 Å². The fraction of sp³-hybridized carbons (Fsp3) is 0.526. The number of benzene rings is 1. The monoisotopic (exact) mass is 747 g/mol. The largest absolute Gasteiger partial charge is 0.391 e. The Morgan fingerprint density at radius 3 is 2.32 bits per heavy atom. The van der Waals surface area contributed by atoms with Crippen LogP contribution in [0.3, 0.4) is 0 Å². The third kappa shape index (κ3) is 10.2. The van der Waals surface area contributed by atoms with Gasteiger partial charge in [0.1, 0.15) is 17.9 Å². The number of aryl methyl sites for hydroxylation is 1. The Morgan fingerprint density at radius 2 is 1.72 bits per heavy atom. The first kappa shape index (κ1) is 39.8. The van der Waals surface area contributed by atoms with Crippen LogP contribution < -0.4 is 26.2 Å². The van der Waals surface area contributed by atoms with Gasteiger partial charge in [0.15, 0.2) is 0 Å². The van der Waals surface area contributed by atoms with Gasteiger partial charge in [0.25, 0.3) is 5.91 Å². The number of aliphatic hydroxyl groups excluding tert-OH is 1. The molecule has 2 aliphatic heterocycles. The van der Waals surface area contributed by atoms with Gasteiger partial charge in [0, 0.05) is 58.4 Å². The lowest BCUT2D eigenvalue weighted by Gasteiger charge is -2.35. The third-order valence-electron chi connectivity index (χ3n) is 9.85. The fourth-order valence-corrected chi connectivity index (χ4v) is 7.48. The highest BCUT2D eigenvalue weighted by Gasteiger charge is 2.44. The number of likely N-dealkylation sites (N-methyl/N-ethyl adjacent to an activating group) is 1. The Balaban J connectivity index is 1.15. The molecule has 0 aliphatic carbocycles. The van der Waals surface area contributed by atoms with Crippen LogP contribution >= 0.6 is 11.3 Å². The number of nitrogens with one attached hydrogen (secondary N) is 4. The van der Waals surface area contributed by atoms with E-state index in [4.69, 9.17) is 0 Å². The predicted octanol–water partition coefficient (Wildman–Crippen LogP) is 1.95. The van der Waals surface area contributed by atoms with E-state index in [1.165, 1.54) is 11.1 Å². The molecule has 2 aromatic heterocycles. The van der Waals surface area contributed by atoms with E-state index >= 15 is 0 Å². The molecule has 286 valence electrons. The summed E-state index contributed by atoms with van der Waals surface area (Å²) in [7, 11) is 1.95. The maximum atomic E-state index is 14.0. The number of likely N-dealkylation sites (tertiary alicyclic amines) is 1. The van der Waals surface area contributed by atoms with Crippen molar-refractivity contribution in [3.63, 3.8) is 0 Å². The van der Waals surface area contributed by atoms with E-state index in [2.05, 4.69) is 41.0 Å². The van der Waals surface area contributed by atoms with E-state index in [1.54, 1.807) is 17.4 Å². The van der Waals surface area contributed by atoms with Gasteiger partial charge in [-0.05, 0) is 49.6 Å². The lowest BCUT2D eigenvalue weighted by molar-refractivity contribution is -0.144. The van der Waals surface area contributed by atoms with E-state index in [9.17, 15) is 24.3 Å². The van der Waals surface area contributed by atoms with Gasteiger partial charge in [0.2, 0.25) is 17.7 Å². The van der Waals surface area contributed by atoms with E-state index < -0.39 is 41.3 Å². The van der Waals surface area contributed by atoms with Crippen LogP contribution in [0.1, 0.15) is 61.8 Å². The molecule has 1 aromatic carbocycles. The van der Waals surface area contributed by atoms with Gasteiger partial charge in [-0.2, -0.15) is 0 Å². The second-order valence-electron chi connectivity index (χ2n) is 14.9. The number of anilines is 1. The number of pyridine rings is 1. The Morgan fingerprint density at radius 1 is 1.00 bits per heavy atom. The number of hydrogen-bond acceptors (Lipinski definition) is 11. The van der Waals surface area contributed by atoms with Crippen molar-refractivity contribution >= 4 is 40.8 Å². The molecule has 14 nitrogen and oxygen atoms in total. The highest BCUT2D eigenvalue weighted by Crippen LogP contribution is 2.29. The number of carbonyl (C=O) groups excluding carboxylic acids is 4. The molecular weight excluding hydrogens is 695 g/mol. The molecule has 3 aromatic rings. The predicted molar refractivity (Wildman–Crippen MR) is 206 cm³/mol. The van der Waals surface area contributed by atoms with E-state index in [1.807, 2.05) is 77.5 Å². The number of rotatable bonds is 13. The summed E-state index contributed by atoms with van der Waals surface area (Å²) in [5.74, 6) is -1.09. The topological polar surface area (TPSA) is 172 Å². The Labute approximate surface area is 315 Å². The number of thiazole rings is 1. The maximum absolute atomic E-state index is 14.0. The summed E-state index contributed by atoms with van der Waals surface area (Å²) in [4.78, 5) is 69.5. The quantitative estimate of drug-likeness (QED) is 0.174. The lowest BCUT2D eigenvalue weighted by Crippen LogP contribution is -2.58. The van der Waals surface area contributed by atoms with Crippen molar-refractivity contribution in [2.45, 2.75) is 65.3 Å². The zero-order valence-corrected chi connectivity index (χ0v) is 32.3. The summed E-state index contributed by atoms with van der Waals surface area (Å²) in [5.41, 5.74) is 4.29. The molecule has 0 spiro atoms. The van der Waals surface area contributed by atoms with Crippen LogP contribution in [0.4, 0.5) is 5.82 Å². The van der Waals surface area contributed by atoms with Crippen molar-refractivity contribution in [3.8, 4) is 10.4 Å². The second kappa shape index (κ2) is 17.6. The number of nitrogens with zero attached hydrogens (tertiary/aromatic N) is 5. The first-order valence-electron chi connectivity index (χ1n) is 18.2. The summed E-state index contributed by atoms with van der Waals surface area (Å²) in [6.45, 7) is 14.4. The summed E-state index contributed by atoms with van der Waals surface area (Å²) >= 11 is 1.57. The average molecular weight is 748 g/mol. The van der Waals surface area contributed by atoms with Crippen LogP contribution in [0.15, 0.2) is 48.1 Å². The standard InChI is InChI=1S/C38H53N9O5S/c1-24(26-7-9-27(10-8-26)33-25(2)42-23-53-33)43-36(51)30-19-29(48)22-47(30)37(52)34(38(3,4)5)44-32(49)21-41-35(50)28-11-12-31(40-20-28)46-17-15-45(16-18-46)14-13-39-6/h7-12,20,23-24,29-30,34,39,48H,13-19,21-22H2,1-6H3,(H,41,50)(H,43,51)(H,44,49)/t24-,29+,30-,34+/m0/s1.